The maximum Gasteiger partial charge on any atom is 1.00 e. The molecule has 2 heterocycles. The van der Waals surface area contributed by atoms with Crippen molar-refractivity contribution < 1.29 is 92.4 Å². The molecule has 2 atom stereocenters. The quantitative estimate of drug-likeness (QED) is 0.218. The van der Waals surface area contributed by atoms with Gasteiger partial charge in [0.2, 0.25) is 17.7 Å². The summed E-state index contributed by atoms with van der Waals surface area (Å²) in [4.78, 5) is 66.5. The van der Waals surface area contributed by atoms with Crippen molar-refractivity contribution in [3.63, 3.8) is 0 Å². The number of phosphoric ester groups is 1. The molecule has 2 saturated heterocycles. The van der Waals surface area contributed by atoms with Crippen LogP contribution in [0.2, 0.25) is 5.02 Å². The van der Waals surface area contributed by atoms with E-state index in [-0.39, 0.29) is 109 Å². The molecular weight excluding hydrogens is 595 g/mol. The zero-order valence-corrected chi connectivity index (χ0v) is 29.6. The number of hydrogen-bond donors (Lipinski definition) is 0. The van der Waals surface area contributed by atoms with E-state index in [4.69, 9.17) is 11.6 Å². The van der Waals surface area contributed by atoms with Gasteiger partial charge < -0.3 is 33.6 Å². The van der Waals surface area contributed by atoms with Gasteiger partial charge in [0, 0.05) is 41.0 Å². The first-order valence-corrected chi connectivity index (χ1v) is 14.0. The zero-order chi connectivity index (χ0) is 28.6. The van der Waals surface area contributed by atoms with Crippen LogP contribution in [-0.4, -0.2) is 84.0 Å². The number of hydrogen-bond acceptors (Lipinski definition) is 9. The molecule has 2 aliphatic heterocycles. The van der Waals surface area contributed by atoms with Gasteiger partial charge in [0.1, 0.15) is 25.8 Å². The topological polar surface area (TPSA) is 140 Å². The van der Waals surface area contributed by atoms with Gasteiger partial charge in [0.05, 0.1) is 23.8 Å². The normalized spacial score (nSPS) is 19.2. The molecule has 41 heavy (non-hydrogen) atoms. The van der Waals surface area contributed by atoms with Crippen LogP contribution in [0.4, 0.5) is 5.69 Å². The van der Waals surface area contributed by atoms with E-state index in [1.54, 1.807) is 23.0 Å². The maximum atomic E-state index is 13.9. The molecule has 0 bridgehead atoms. The minimum absolute atomic E-state index is 0. The van der Waals surface area contributed by atoms with Crippen LogP contribution in [0, 0.1) is 0 Å². The van der Waals surface area contributed by atoms with Gasteiger partial charge in [-0.2, -0.15) is 0 Å². The summed E-state index contributed by atoms with van der Waals surface area (Å²) in [6.45, 7) is 1.68. The molecule has 2 aromatic carbocycles. The molecule has 2 fully saturated rings. The van der Waals surface area contributed by atoms with Gasteiger partial charge in [-0.25, -0.2) is 5.01 Å². The number of halogens is 1. The van der Waals surface area contributed by atoms with Crippen molar-refractivity contribution in [1.82, 2.24) is 19.8 Å². The van der Waals surface area contributed by atoms with Gasteiger partial charge in [-0.05, 0) is 35.4 Å². The standard InChI is InChI=1S/C25H31ClN5O7P.2Na/c1-16(32)31-23-14-29(13-18-7-10-20(26)21(12-18)27(2)3)25(34)22(30(23)24(33)15-28(31)4)11-17-5-8-19(9-6-17)38-39(35,36)37;;/h5-10,12,22-23H,11,13-15H2,1-4H3,(H2,35,36,37);;/q;2*+1/p-2/t22-,23-;;/m0../s1. The van der Waals surface area contributed by atoms with Gasteiger partial charge >= 0.3 is 59.1 Å². The van der Waals surface area contributed by atoms with Crippen LogP contribution < -0.4 is 78.3 Å². The molecule has 0 saturated carbocycles. The molecule has 2 aliphatic rings. The number of fused-ring (bicyclic) bond motifs is 1. The van der Waals surface area contributed by atoms with Crippen LogP contribution >= 0.6 is 19.4 Å². The van der Waals surface area contributed by atoms with E-state index < -0.39 is 20.0 Å². The number of rotatable bonds is 7. The Morgan fingerprint density at radius 2 is 1.71 bits per heavy atom. The number of phosphoric acid groups is 1. The number of benzene rings is 2. The molecule has 12 nitrogen and oxygen atoms in total. The second-order valence-corrected chi connectivity index (χ2v) is 11.2. The van der Waals surface area contributed by atoms with E-state index in [0.717, 1.165) is 11.3 Å². The zero-order valence-electron chi connectivity index (χ0n) is 23.9. The van der Waals surface area contributed by atoms with Crippen LogP contribution in [-0.2, 0) is 31.9 Å². The smallest absolute Gasteiger partial charge is 0.780 e. The second kappa shape index (κ2) is 14.5. The van der Waals surface area contributed by atoms with E-state index in [2.05, 4.69) is 4.52 Å². The van der Waals surface area contributed by atoms with E-state index in [1.165, 1.54) is 41.1 Å². The van der Waals surface area contributed by atoms with E-state index in [1.807, 2.05) is 31.1 Å². The minimum Gasteiger partial charge on any atom is -0.780 e. The van der Waals surface area contributed by atoms with Gasteiger partial charge in [-0.1, -0.05) is 29.8 Å². The molecule has 0 aromatic heterocycles. The maximum absolute atomic E-state index is 13.9. The monoisotopic (exact) mass is 623 g/mol. The first-order valence-electron chi connectivity index (χ1n) is 12.1. The molecule has 0 spiro atoms. The Hall–Kier alpha value is -1.15. The van der Waals surface area contributed by atoms with Crippen molar-refractivity contribution in [2.24, 2.45) is 0 Å². The molecule has 3 amide bonds. The number of anilines is 1. The van der Waals surface area contributed by atoms with Crippen LogP contribution in [0.3, 0.4) is 0 Å². The third kappa shape index (κ3) is 8.49. The van der Waals surface area contributed by atoms with Crippen molar-refractivity contribution in [2.75, 3.05) is 39.1 Å². The van der Waals surface area contributed by atoms with Crippen molar-refractivity contribution in [1.29, 1.82) is 0 Å². The fraction of sp³-hybridized carbons (Fsp3) is 0.400. The summed E-state index contributed by atoms with van der Waals surface area (Å²) >= 11 is 6.32. The number of nitrogens with zero attached hydrogens (tertiary/aromatic N) is 5. The molecule has 0 aliphatic carbocycles. The average molecular weight is 624 g/mol. The van der Waals surface area contributed by atoms with Crippen molar-refractivity contribution >= 4 is 42.8 Å². The second-order valence-electron chi connectivity index (χ2n) is 9.76. The van der Waals surface area contributed by atoms with Gasteiger partial charge in [0.25, 0.3) is 0 Å². The summed E-state index contributed by atoms with van der Waals surface area (Å²) < 4.78 is 15.3. The van der Waals surface area contributed by atoms with Crippen LogP contribution in [0.15, 0.2) is 42.5 Å². The summed E-state index contributed by atoms with van der Waals surface area (Å²) in [6.07, 6.45) is -0.616. The van der Waals surface area contributed by atoms with Crippen molar-refractivity contribution in [3.8, 4) is 5.75 Å². The summed E-state index contributed by atoms with van der Waals surface area (Å²) in [5.74, 6) is -1.01. The van der Waals surface area contributed by atoms with E-state index >= 15 is 0 Å². The number of carbonyl (C=O) groups excluding carboxylic acids is 3. The summed E-state index contributed by atoms with van der Waals surface area (Å²) in [6, 6.07) is 10.2. The number of hydrazine groups is 1. The molecule has 4 rings (SSSR count). The number of carbonyl (C=O) groups is 3. The molecule has 0 N–H and O–H groups in total. The van der Waals surface area contributed by atoms with Crippen molar-refractivity contribution in [3.05, 3.63) is 58.6 Å². The summed E-state index contributed by atoms with van der Waals surface area (Å²) in [7, 11) is 0.159. The Morgan fingerprint density at radius 3 is 2.27 bits per heavy atom. The Bertz CT molecular complexity index is 1330. The Labute approximate surface area is 288 Å². The molecule has 16 heteroatoms. The molecule has 210 valence electrons. The van der Waals surface area contributed by atoms with Gasteiger partial charge in [0.15, 0.2) is 0 Å². The first kappa shape index (κ1) is 36.0. The summed E-state index contributed by atoms with van der Waals surface area (Å²) in [5.41, 5.74) is 2.22. The van der Waals surface area contributed by atoms with E-state index in [9.17, 15) is 28.7 Å². The molecule has 0 unspecified atom stereocenters. The van der Waals surface area contributed by atoms with E-state index in [0.29, 0.717) is 10.6 Å². The third-order valence-corrected chi connectivity index (χ3v) is 7.45. The minimum atomic E-state index is -5.22. The summed E-state index contributed by atoms with van der Waals surface area (Å²) in [5, 5.41) is 3.61. The predicted octanol–water partition coefficient (Wildman–Crippen LogP) is -5.56. The van der Waals surface area contributed by atoms with Crippen LogP contribution in [0.5, 0.6) is 5.75 Å². The molecule has 2 aromatic rings. The molecular formula is C25H29ClN5Na2O7P. The Balaban J connectivity index is 0.00000294. The largest absolute Gasteiger partial charge is 1.00 e. The number of piperazine rings is 1. The van der Waals surface area contributed by atoms with Crippen LogP contribution in [0.1, 0.15) is 18.1 Å². The molecule has 0 radical (unpaired) electrons. The predicted molar refractivity (Wildman–Crippen MR) is 139 cm³/mol. The number of likely N-dealkylation sites (N-methyl/N-ethyl adjacent to an activating group) is 1. The Kier molecular flexibility index (Phi) is 12.8. The van der Waals surface area contributed by atoms with Gasteiger partial charge in [-0.3, -0.25) is 19.4 Å². The third-order valence-electron chi connectivity index (χ3n) is 6.70. The van der Waals surface area contributed by atoms with Crippen LogP contribution in [0.25, 0.3) is 0 Å². The van der Waals surface area contributed by atoms with Crippen molar-refractivity contribution in [2.45, 2.75) is 32.1 Å². The number of amides is 3. The fourth-order valence-electron chi connectivity index (χ4n) is 5.07. The Morgan fingerprint density at radius 1 is 1.10 bits per heavy atom. The fourth-order valence-corrected chi connectivity index (χ4v) is 5.73. The SMILES string of the molecule is CC(=O)N1[C@H]2CN(Cc3ccc(Cl)c(N(C)C)c3)C(=O)[C@H](Cc3ccc(OP(=O)([O-])[O-])cc3)N2C(=O)CN1C.[Na+].[Na+]. The first-order chi connectivity index (χ1) is 18.2. The van der Waals surface area contributed by atoms with Gasteiger partial charge in [-0.15, -0.1) is 0 Å². The average Bonchev–Trinajstić information content (AvgIpc) is 2.82.